The first kappa shape index (κ1) is 20.5. The van der Waals surface area contributed by atoms with Gasteiger partial charge >= 0.3 is 0 Å². The Balaban J connectivity index is 0.00000225. The van der Waals surface area contributed by atoms with Crippen LogP contribution in [0.15, 0.2) is 23.3 Å². The SMILES string of the molecule is CN=C(NCC1CCN(C)C1)NC1CCN(c2ncccc2Cl)C1.I. The normalized spacial score (nSPS) is 24.3. The number of hydrogen-bond donors (Lipinski definition) is 2. The van der Waals surface area contributed by atoms with E-state index in [1.165, 1.54) is 19.5 Å². The zero-order valence-electron chi connectivity index (χ0n) is 14.9. The van der Waals surface area contributed by atoms with Gasteiger partial charge in [-0.1, -0.05) is 11.6 Å². The van der Waals surface area contributed by atoms with Gasteiger partial charge in [-0.15, -0.1) is 24.0 Å². The second-order valence-electron chi connectivity index (χ2n) is 6.75. The van der Waals surface area contributed by atoms with E-state index >= 15 is 0 Å². The van der Waals surface area contributed by atoms with Gasteiger partial charge in [-0.2, -0.15) is 0 Å². The molecule has 2 atom stereocenters. The molecule has 0 aliphatic carbocycles. The lowest BCUT2D eigenvalue weighted by Gasteiger charge is -2.21. The summed E-state index contributed by atoms with van der Waals surface area (Å²) in [6.07, 6.45) is 4.11. The van der Waals surface area contributed by atoms with Crippen molar-refractivity contribution in [2.24, 2.45) is 10.9 Å². The minimum atomic E-state index is 0. The van der Waals surface area contributed by atoms with Crippen LogP contribution in [0.4, 0.5) is 5.82 Å². The number of guanidine groups is 1. The quantitative estimate of drug-likeness (QED) is 0.394. The van der Waals surface area contributed by atoms with Gasteiger partial charge in [0.2, 0.25) is 0 Å². The highest BCUT2D eigenvalue weighted by atomic mass is 127. The van der Waals surface area contributed by atoms with E-state index in [1.54, 1.807) is 6.20 Å². The van der Waals surface area contributed by atoms with E-state index in [4.69, 9.17) is 11.6 Å². The Labute approximate surface area is 172 Å². The zero-order chi connectivity index (χ0) is 16.9. The first-order chi connectivity index (χ1) is 11.7. The van der Waals surface area contributed by atoms with Crippen LogP contribution in [0.3, 0.4) is 0 Å². The van der Waals surface area contributed by atoms with Crippen molar-refractivity contribution in [3.05, 3.63) is 23.4 Å². The van der Waals surface area contributed by atoms with Crippen LogP contribution in [-0.4, -0.2) is 68.7 Å². The van der Waals surface area contributed by atoms with E-state index in [-0.39, 0.29) is 24.0 Å². The molecule has 140 valence electrons. The lowest BCUT2D eigenvalue weighted by Crippen LogP contribution is -2.46. The van der Waals surface area contributed by atoms with Crippen LogP contribution < -0.4 is 15.5 Å². The third-order valence-electron chi connectivity index (χ3n) is 4.84. The van der Waals surface area contributed by atoms with Crippen molar-refractivity contribution in [2.45, 2.75) is 18.9 Å². The fraction of sp³-hybridized carbons (Fsp3) is 0.647. The molecule has 0 bridgehead atoms. The summed E-state index contributed by atoms with van der Waals surface area (Å²) in [5.74, 6) is 2.48. The number of nitrogens with zero attached hydrogens (tertiary/aromatic N) is 4. The minimum absolute atomic E-state index is 0. The third-order valence-corrected chi connectivity index (χ3v) is 5.13. The molecule has 0 aromatic carbocycles. The van der Waals surface area contributed by atoms with Gasteiger partial charge in [-0.3, -0.25) is 4.99 Å². The molecule has 6 nitrogen and oxygen atoms in total. The van der Waals surface area contributed by atoms with Gasteiger partial charge < -0.3 is 20.4 Å². The van der Waals surface area contributed by atoms with E-state index in [9.17, 15) is 0 Å². The monoisotopic (exact) mass is 478 g/mol. The van der Waals surface area contributed by atoms with Gasteiger partial charge in [-0.25, -0.2) is 4.98 Å². The topological polar surface area (TPSA) is 55.8 Å². The maximum absolute atomic E-state index is 6.25. The Morgan fingerprint density at radius 3 is 2.88 bits per heavy atom. The molecule has 25 heavy (non-hydrogen) atoms. The average molecular weight is 479 g/mol. The highest BCUT2D eigenvalue weighted by molar-refractivity contribution is 14.0. The van der Waals surface area contributed by atoms with Crippen LogP contribution >= 0.6 is 35.6 Å². The Morgan fingerprint density at radius 2 is 2.20 bits per heavy atom. The van der Waals surface area contributed by atoms with Crippen molar-refractivity contribution >= 4 is 47.4 Å². The summed E-state index contributed by atoms with van der Waals surface area (Å²) in [7, 11) is 4.02. The first-order valence-electron chi connectivity index (χ1n) is 8.67. The number of pyridine rings is 1. The molecular weight excluding hydrogens is 451 g/mol. The number of rotatable bonds is 4. The lowest BCUT2D eigenvalue weighted by molar-refractivity contribution is 0.393. The molecule has 0 spiro atoms. The van der Waals surface area contributed by atoms with Gasteiger partial charge in [0.15, 0.2) is 5.96 Å². The van der Waals surface area contributed by atoms with E-state index in [2.05, 4.69) is 37.5 Å². The summed E-state index contributed by atoms with van der Waals surface area (Å²) in [5.41, 5.74) is 0. The van der Waals surface area contributed by atoms with Crippen molar-refractivity contribution < 1.29 is 0 Å². The van der Waals surface area contributed by atoms with Gasteiger partial charge in [0, 0.05) is 45.5 Å². The molecule has 3 rings (SSSR count). The number of hydrogen-bond acceptors (Lipinski definition) is 4. The summed E-state index contributed by atoms with van der Waals surface area (Å²) in [6, 6.07) is 4.12. The Kier molecular flexibility index (Phi) is 8.02. The smallest absolute Gasteiger partial charge is 0.191 e. The maximum Gasteiger partial charge on any atom is 0.191 e. The second-order valence-corrected chi connectivity index (χ2v) is 7.16. The molecule has 1 aromatic rings. The first-order valence-corrected chi connectivity index (χ1v) is 9.04. The van der Waals surface area contributed by atoms with Crippen LogP contribution in [0.2, 0.25) is 5.02 Å². The standard InChI is InChI=1S/C17H27ClN6.HI/c1-19-17(21-10-13-5-8-23(2)11-13)22-14-6-9-24(12-14)16-15(18)4-3-7-20-16;/h3-4,7,13-14H,5-6,8-12H2,1-2H3,(H2,19,21,22);1H. The fourth-order valence-electron chi connectivity index (χ4n) is 3.50. The molecule has 2 N–H and O–H groups in total. The van der Waals surface area contributed by atoms with Crippen molar-refractivity contribution in [2.75, 3.05) is 51.7 Å². The van der Waals surface area contributed by atoms with E-state index in [0.29, 0.717) is 17.0 Å². The van der Waals surface area contributed by atoms with E-state index < -0.39 is 0 Å². The predicted molar refractivity (Wildman–Crippen MR) is 115 cm³/mol. The van der Waals surface area contributed by atoms with Gasteiger partial charge in [-0.05, 0) is 44.5 Å². The second kappa shape index (κ2) is 9.78. The summed E-state index contributed by atoms with van der Waals surface area (Å²) >= 11 is 6.25. The molecule has 0 saturated carbocycles. The average Bonchev–Trinajstić information content (AvgIpc) is 3.21. The molecule has 8 heteroatoms. The van der Waals surface area contributed by atoms with Crippen molar-refractivity contribution in [3.8, 4) is 0 Å². The molecule has 2 aliphatic heterocycles. The lowest BCUT2D eigenvalue weighted by atomic mass is 10.1. The summed E-state index contributed by atoms with van der Waals surface area (Å²) in [5, 5.41) is 7.72. The van der Waals surface area contributed by atoms with Crippen LogP contribution in [0.25, 0.3) is 0 Å². The molecular formula is C17H28ClIN6. The maximum atomic E-state index is 6.25. The van der Waals surface area contributed by atoms with E-state index in [1.807, 2.05) is 19.2 Å². The summed E-state index contributed by atoms with van der Waals surface area (Å²) in [4.78, 5) is 13.4. The summed E-state index contributed by atoms with van der Waals surface area (Å²) < 4.78 is 0. The highest BCUT2D eigenvalue weighted by Gasteiger charge is 2.26. The van der Waals surface area contributed by atoms with Crippen LogP contribution in [0.1, 0.15) is 12.8 Å². The number of nitrogens with one attached hydrogen (secondary N) is 2. The van der Waals surface area contributed by atoms with Crippen LogP contribution in [0, 0.1) is 5.92 Å². The van der Waals surface area contributed by atoms with Crippen molar-refractivity contribution in [3.63, 3.8) is 0 Å². The number of halogens is 2. The number of anilines is 1. The Morgan fingerprint density at radius 1 is 1.36 bits per heavy atom. The Bertz CT molecular complexity index is 584. The molecule has 2 saturated heterocycles. The Hall–Kier alpha value is -0.800. The van der Waals surface area contributed by atoms with Gasteiger partial charge in [0.1, 0.15) is 5.82 Å². The molecule has 1 aromatic heterocycles. The van der Waals surface area contributed by atoms with Crippen molar-refractivity contribution in [1.82, 2.24) is 20.5 Å². The largest absolute Gasteiger partial charge is 0.356 e. The van der Waals surface area contributed by atoms with E-state index in [0.717, 1.165) is 37.8 Å². The number of aliphatic imine (C=N–C) groups is 1. The van der Waals surface area contributed by atoms with Crippen LogP contribution in [0.5, 0.6) is 0 Å². The fourth-order valence-corrected chi connectivity index (χ4v) is 3.74. The van der Waals surface area contributed by atoms with Crippen molar-refractivity contribution in [1.29, 1.82) is 0 Å². The third kappa shape index (κ3) is 5.59. The van der Waals surface area contributed by atoms with Crippen LogP contribution in [-0.2, 0) is 0 Å². The molecule has 3 heterocycles. The predicted octanol–water partition coefficient (Wildman–Crippen LogP) is 2.05. The molecule has 2 aliphatic rings. The van der Waals surface area contributed by atoms with Gasteiger partial charge in [0.05, 0.1) is 5.02 Å². The summed E-state index contributed by atoms with van der Waals surface area (Å²) in [6.45, 7) is 5.19. The number of aromatic nitrogens is 1. The molecule has 0 amide bonds. The molecule has 2 unspecified atom stereocenters. The minimum Gasteiger partial charge on any atom is -0.356 e. The number of likely N-dealkylation sites (tertiary alicyclic amines) is 1. The highest BCUT2D eigenvalue weighted by Crippen LogP contribution is 2.25. The zero-order valence-corrected chi connectivity index (χ0v) is 18.0. The van der Waals surface area contributed by atoms with Gasteiger partial charge in [0.25, 0.3) is 0 Å². The molecule has 2 fully saturated rings. The molecule has 0 radical (unpaired) electrons.